The summed E-state index contributed by atoms with van der Waals surface area (Å²) in [5, 5.41) is 16.1. The van der Waals surface area contributed by atoms with E-state index in [0.29, 0.717) is 10.7 Å². The zero-order valence-electron chi connectivity index (χ0n) is 13.5. The number of nitro groups is 1. The molecule has 0 bridgehead atoms. The van der Waals surface area contributed by atoms with Gasteiger partial charge in [-0.25, -0.2) is 0 Å². The molecule has 0 saturated carbocycles. The van der Waals surface area contributed by atoms with Gasteiger partial charge in [0.25, 0.3) is 11.6 Å². The predicted octanol–water partition coefficient (Wildman–Crippen LogP) is 2.82. The number of aryl methyl sites for hydroxylation is 1. The van der Waals surface area contributed by atoms with Gasteiger partial charge in [-0.05, 0) is 31.5 Å². The fourth-order valence-electron chi connectivity index (χ4n) is 2.27. The molecule has 2 rings (SSSR count). The van der Waals surface area contributed by atoms with Gasteiger partial charge in [0.2, 0.25) is 0 Å². The molecule has 0 aliphatic rings. The van der Waals surface area contributed by atoms with Gasteiger partial charge in [-0.15, -0.1) is 0 Å². The number of nitrogens with zero attached hydrogens (tertiary/aromatic N) is 1. The Morgan fingerprint density at radius 2 is 2.08 bits per heavy atom. The Morgan fingerprint density at radius 3 is 2.75 bits per heavy atom. The van der Waals surface area contributed by atoms with Crippen molar-refractivity contribution >= 4 is 28.9 Å². The number of benzene rings is 2. The van der Waals surface area contributed by atoms with Crippen molar-refractivity contribution in [3.05, 3.63) is 68.7 Å². The maximum atomic E-state index is 12.1. The van der Waals surface area contributed by atoms with Crippen molar-refractivity contribution in [1.29, 1.82) is 0 Å². The van der Waals surface area contributed by atoms with E-state index in [1.807, 2.05) is 30.4 Å². The molecule has 24 heavy (non-hydrogen) atoms. The van der Waals surface area contributed by atoms with Gasteiger partial charge >= 0.3 is 0 Å². The maximum Gasteiger partial charge on any atom is 0.279 e. The summed E-state index contributed by atoms with van der Waals surface area (Å²) in [6, 6.07) is 12.0. The highest BCUT2D eigenvalue weighted by molar-refractivity contribution is 6.30. The molecule has 126 valence electrons. The first-order valence-electron chi connectivity index (χ1n) is 7.50. The number of non-ortho nitro benzene ring substituents is 1. The molecule has 0 heterocycles. The minimum Gasteiger partial charge on any atom is -0.333 e. The van der Waals surface area contributed by atoms with Crippen LogP contribution in [-0.4, -0.2) is 17.4 Å². The van der Waals surface area contributed by atoms with Crippen molar-refractivity contribution in [3.8, 4) is 0 Å². The minimum atomic E-state index is -0.484. The van der Waals surface area contributed by atoms with Crippen molar-refractivity contribution in [2.45, 2.75) is 19.9 Å². The van der Waals surface area contributed by atoms with Crippen LogP contribution in [0.25, 0.3) is 0 Å². The van der Waals surface area contributed by atoms with Crippen LogP contribution in [0.2, 0.25) is 5.02 Å². The Bertz CT molecular complexity index is 764. The second-order valence-electron chi connectivity index (χ2n) is 5.59. The quantitative estimate of drug-likeness (QED) is 0.621. The molecular formula is C17H19ClN3O3+. The monoisotopic (exact) mass is 348 g/mol. The van der Waals surface area contributed by atoms with E-state index in [2.05, 4.69) is 5.32 Å². The average Bonchev–Trinajstić information content (AvgIpc) is 2.54. The lowest BCUT2D eigenvalue weighted by Gasteiger charge is -2.12. The van der Waals surface area contributed by atoms with E-state index >= 15 is 0 Å². The first kappa shape index (κ1) is 17.9. The number of carbonyl (C=O) groups excluding carboxylic acids is 1. The second-order valence-corrected chi connectivity index (χ2v) is 6.02. The van der Waals surface area contributed by atoms with E-state index in [0.717, 1.165) is 11.1 Å². The van der Waals surface area contributed by atoms with Gasteiger partial charge in [-0.1, -0.05) is 29.8 Å². The van der Waals surface area contributed by atoms with Gasteiger partial charge in [-0.2, -0.15) is 0 Å². The van der Waals surface area contributed by atoms with Crippen LogP contribution >= 0.6 is 11.6 Å². The fraction of sp³-hybridized carbons (Fsp3) is 0.235. The summed E-state index contributed by atoms with van der Waals surface area (Å²) in [5.74, 6) is -0.215. The second kappa shape index (κ2) is 7.90. The Morgan fingerprint density at radius 1 is 1.33 bits per heavy atom. The van der Waals surface area contributed by atoms with Crippen LogP contribution in [-0.2, 0) is 4.79 Å². The molecule has 0 aliphatic heterocycles. The van der Waals surface area contributed by atoms with Gasteiger partial charge in [0, 0.05) is 22.7 Å². The number of rotatable bonds is 6. The van der Waals surface area contributed by atoms with Crippen LogP contribution in [0.5, 0.6) is 0 Å². The predicted molar refractivity (Wildman–Crippen MR) is 93.1 cm³/mol. The summed E-state index contributed by atoms with van der Waals surface area (Å²) >= 11 is 5.97. The Balaban J connectivity index is 1.96. The zero-order valence-corrected chi connectivity index (χ0v) is 14.2. The van der Waals surface area contributed by atoms with E-state index in [1.165, 1.54) is 12.1 Å². The van der Waals surface area contributed by atoms with E-state index in [-0.39, 0.29) is 24.2 Å². The normalized spacial score (nSPS) is 11.8. The maximum absolute atomic E-state index is 12.1. The summed E-state index contributed by atoms with van der Waals surface area (Å²) in [4.78, 5) is 22.5. The first-order chi connectivity index (χ1) is 11.4. The number of nitrogens with two attached hydrogens (primary N) is 1. The third-order valence-corrected chi connectivity index (χ3v) is 3.97. The van der Waals surface area contributed by atoms with Gasteiger partial charge in [0.15, 0.2) is 6.54 Å². The van der Waals surface area contributed by atoms with Crippen LogP contribution in [0, 0.1) is 17.0 Å². The van der Waals surface area contributed by atoms with Crippen molar-refractivity contribution < 1.29 is 15.0 Å². The number of quaternary nitrogens is 1. The van der Waals surface area contributed by atoms with E-state index in [9.17, 15) is 14.9 Å². The van der Waals surface area contributed by atoms with Gasteiger partial charge in [-0.3, -0.25) is 14.9 Å². The van der Waals surface area contributed by atoms with Gasteiger partial charge in [0.1, 0.15) is 6.04 Å². The molecule has 0 spiro atoms. The Labute approximate surface area is 145 Å². The molecule has 1 amide bonds. The lowest BCUT2D eigenvalue weighted by molar-refractivity contribution is -0.682. The van der Waals surface area contributed by atoms with Crippen LogP contribution in [0.1, 0.15) is 24.1 Å². The molecule has 2 aromatic rings. The molecular weight excluding hydrogens is 330 g/mol. The zero-order chi connectivity index (χ0) is 17.7. The molecule has 3 N–H and O–H groups in total. The number of nitro benzene ring substituents is 1. The highest BCUT2D eigenvalue weighted by atomic mass is 35.5. The number of carbonyl (C=O) groups is 1. The molecule has 0 aliphatic carbocycles. The standard InChI is InChI=1S/C17H18ClN3O3/c1-11-6-7-15(21(23)24)9-16(11)20-17(22)10-19-12(2)13-4-3-5-14(18)8-13/h3-9,12,19H,10H2,1-2H3,(H,20,22)/p+1/t12-/m0/s1. The van der Waals surface area contributed by atoms with E-state index in [4.69, 9.17) is 11.6 Å². The first-order valence-corrected chi connectivity index (χ1v) is 7.88. The number of hydrogen-bond acceptors (Lipinski definition) is 3. The van der Waals surface area contributed by atoms with Gasteiger partial charge < -0.3 is 10.6 Å². The molecule has 0 unspecified atom stereocenters. The molecule has 0 aromatic heterocycles. The third-order valence-electron chi connectivity index (χ3n) is 3.74. The smallest absolute Gasteiger partial charge is 0.279 e. The lowest BCUT2D eigenvalue weighted by atomic mass is 10.1. The molecule has 0 saturated heterocycles. The summed E-state index contributed by atoms with van der Waals surface area (Å²) in [6.07, 6.45) is 0. The van der Waals surface area contributed by atoms with Gasteiger partial charge in [0.05, 0.1) is 10.6 Å². The molecule has 2 aromatic carbocycles. The SMILES string of the molecule is Cc1ccc([N+](=O)[O-])cc1NC(=O)C[NH2+][C@@H](C)c1cccc(Cl)c1. The van der Waals surface area contributed by atoms with Crippen molar-refractivity contribution in [1.82, 2.24) is 0 Å². The molecule has 1 atom stereocenters. The van der Waals surface area contributed by atoms with Crippen LogP contribution in [0.3, 0.4) is 0 Å². The average molecular weight is 349 g/mol. The summed E-state index contributed by atoms with van der Waals surface area (Å²) in [7, 11) is 0. The third kappa shape index (κ3) is 4.78. The summed E-state index contributed by atoms with van der Waals surface area (Å²) < 4.78 is 0. The van der Waals surface area contributed by atoms with Crippen LogP contribution in [0.15, 0.2) is 42.5 Å². The van der Waals surface area contributed by atoms with Crippen molar-refractivity contribution in [2.75, 3.05) is 11.9 Å². The number of anilines is 1. The number of hydrogen-bond donors (Lipinski definition) is 2. The van der Waals surface area contributed by atoms with Crippen LogP contribution in [0.4, 0.5) is 11.4 Å². The van der Waals surface area contributed by atoms with Crippen LogP contribution < -0.4 is 10.6 Å². The highest BCUT2D eigenvalue weighted by Gasteiger charge is 2.14. The fourth-order valence-corrected chi connectivity index (χ4v) is 2.47. The summed E-state index contributed by atoms with van der Waals surface area (Å²) in [6.45, 7) is 3.98. The van der Waals surface area contributed by atoms with E-state index in [1.54, 1.807) is 19.1 Å². The summed E-state index contributed by atoms with van der Waals surface area (Å²) in [5.41, 5.74) is 2.21. The largest absolute Gasteiger partial charge is 0.333 e. The number of nitrogens with one attached hydrogen (secondary N) is 1. The molecule has 7 heteroatoms. The highest BCUT2D eigenvalue weighted by Crippen LogP contribution is 2.21. The van der Waals surface area contributed by atoms with Crippen molar-refractivity contribution in [2.24, 2.45) is 0 Å². The van der Waals surface area contributed by atoms with Crippen molar-refractivity contribution in [3.63, 3.8) is 0 Å². The number of halogens is 1. The lowest BCUT2D eigenvalue weighted by Crippen LogP contribution is -2.86. The molecule has 0 radical (unpaired) electrons. The molecule has 6 nitrogen and oxygen atoms in total. The minimum absolute atomic E-state index is 0.0489. The Hall–Kier alpha value is -2.44. The van der Waals surface area contributed by atoms with E-state index < -0.39 is 4.92 Å². The Kier molecular flexibility index (Phi) is 5.89. The molecule has 0 fully saturated rings. The topological polar surface area (TPSA) is 88.9 Å². The number of amides is 1.